The number of nitrogens with zero attached hydrogens (tertiary/aromatic N) is 1. The summed E-state index contributed by atoms with van der Waals surface area (Å²) in [6.07, 6.45) is 0. The number of likely N-dealkylation sites (N-methyl/N-ethyl adjacent to an activating group) is 1. The molecule has 0 saturated carbocycles. The lowest BCUT2D eigenvalue weighted by Gasteiger charge is -2.17. The molecule has 6 nitrogen and oxygen atoms in total. The SMILES string of the molecule is CC(C)NC(=O)CN(C)CC(=O)Nc1ccc(Oc2ccc(Br)cc2)cc1. The second-order valence-corrected chi connectivity index (χ2v) is 7.44. The van der Waals surface area contributed by atoms with Gasteiger partial charge in [0.25, 0.3) is 0 Å². The molecule has 2 rings (SSSR count). The van der Waals surface area contributed by atoms with Gasteiger partial charge in [-0.2, -0.15) is 0 Å². The molecule has 0 fully saturated rings. The number of carbonyl (C=O) groups is 2. The van der Waals surface area contributed by atoms with Crippen molar-refractivity contribution in [3.05, 3.63) is 53.0 Å². The normalized spacial score (nSPS) is 10.7. The van der Waals surface area contributed by atoms with Gasteiger partial charge >= 0.3 is 0 Å². The van der Waals surface area contributed by atoms with Crippen LogP contribution in [0.5, 0.6) is 11.5 Å². The minimum atomic E-state index is -0.184. The topological polar surface area (TPSA) is 70.7 Å². The number of halogens is 1. The van der Waals surface area contributed by atoms with Crippen molar-refractivity contribution in [2.75, 3.05) is 25.5 Å². The zero-order valence-corrected chi connectivity index (χ0v) is 17.2. The fourth-order valence-electron chi connectivity index (χ4n) is 2.36. The number of anilines is 1. The zero-order valence-electron chi connectivity index (χ0n) is 15.7. The number of hydrogen-bond donors (Lipinski definition) is 2. The predicted octanol–water partition coefficient (Wildman–Crippen LogP) is 3.64. The molecule has 2 N–H and O–H groups in total. The third-order valence-electron chi connectivity index (χ3n) is 3.46. The highest BCUT2D eigenvalue weighted by atomic mass is 79.9. The lowest BCUT2D eigenvalue weighted by molar-refractivity contribution is -0.123. The fourth-order valence-corrected chi connectivity index (χ4v) is 2.62. The Labute approximate surface area is 168 Å². The van der Waals surface area contributed by atoms with Crippen molar-refractivity contribution in [2.45, 2.75) is 19.9 Å². The highest BCUT2D eigenvalue weighted by Gasteiger charge is 2.11. The van der Waals surface area contributed by atoms with Crippen molar-refractivity contribution >= 4 is 33.4 Å². The smallest absolute Gasteiger partial charge is 0.238 e. The molecule has 0 aliphatic carbocycles. The van der Waals surface area contributed by atoms with Crippen LogP contribution in [0.2, 0.25) is 0 Å². The molecule has 144 valence electrons. The van der Waals surface area contributed by atoms with Crippen LogP contribution in [0.4, 0.5) is 5.69 Å². The lowest BCUT2D eigenvalue weighted by atomic mass is 10.3. The number of benzene rings is 2. The Hall–Kier alpha value is -2.38. The van der Waals surface area contributed by atoms with Gasteiger partial charge in [0.1, 0.15) is 11.5 Å². The molecule has 2 amide bonds. The van der Waals surface area contributed by atoms with E-state index in [1.165, 1.54) is 0 Å². The van der Waals surface area contributed by atoms with E-state index in [1.54, 1.807) is 36.2 Å². The van der Waals surface area contributed by atoms with E-state index in [-0.39, 0.29) is 30.9 Å². The average molecular weight is 434 g/mol. The summed E-state index contributed by atoms with van der Waals surface area (Å²) in [6, 6.07) is 14.8. The summed E-state index contributed by atoms with van der Waals surface area (Å²) < 4.78 is 6.73. The minimum Gasteiger partial charge on any atom is -0.457 e. The molecule has 0 radical (unpaired) electrons. The van der Waals surface area contributed by atoms with Crippen LogP contribution in [0, 0.1) is 0 Å². The van der Waals surface area contributed by atoms with Gasteiger partial charge in [-0.25, -0.2) is 0 Å². The van der Waals surface area contributed by atoms with Crippen molar-refractivity contribution in [1.29, 1.82) is 0 Å². The molecule has 2 aromatic rings. The first-order valence-electron chi connectivity index (χ1n) is 8.63. The van der Waals surface area contributed by atoms with Crippen LogP contribution in [0.15, 0.2) is 53.0 Å². The molecule has 2 aromatic carbocycles. The first kappa shape index (κ1) is 20.9. The summed E-state index contributed by atoms with van der Waals surface area (Å²) in [6.45, 7) is 4.09. The summed E-state index contributed by atoms with van der Waals surface area (Å²) in [5.41, 5.74) is 0.670. The largest absolute Gasteiger partial charge is 0.457 e. The van der Waals surface area contributed by atoms with Crippen LogP contribution in [0.1, 0.15) is 13.8 Å². The Morgan fingerprint density at radius 3 is 2.04 bits per heavy atom. The Morgan fingerprint density at radius 2 is 1.48 bits per heavy atom. The molecule has 7 heteroatoms. The van der Waals surface area contributed by atoms with Gasteiger partial charge in [-0.05, 0) is 69.4 Å². The maximum atomic E-state index is 12.1. The Kier molecular flexibility index (Phi) is 7.82. The molecular weight excluding hydrogens is 410 g/mol. The summed E-state index contributed by atoms with van der Waals surface area (Å²) >= 11 is 3.38. The van der Waals surface area contributed by atoms with E-state index in [9.17, 15) is 9.59 Å². The molecule has 0 atom stereocenters. The van der Waals surface area contributed by atoms with Crippen molar-refractivity contribution in [2.24, 2.45) is 0 Å². The lowest BCUT2D eigenvalue weighted by Crippen LogP contribution is -2.41. The van der Waals surface area contributed by atoms with E-state index < -0.39 is 0 Å². The van der Waals surface area contributed by atoms with Gasteiger partial charge in [0, 0.05) is 16.2 Å². The molecule has 0 aliphatic rings. The molecule has 0 unspecified atom stereocenters. The number of amides is 2. The van der Waals surface area contributed by atoms with Crippen LogP contribution in [-0.2, 0) is 9.59 Å². The van der Waals surface area contributed by atoms with Crippen molar-refractivity contribution < 1.29 is 14.3 Å². The molecule has 0 spiro atoms. The summed E-state index contributed by atoms with van der Waals surface area (Å²) in [7, 11) is 1.73. The van der Waals surface area contributed by atoms with E-state index >= 15 is 0 Å². The van der Waals surface area contributed by atoms with Crippen molar-refractivity contribution in [3.8, 4) is 11.5 Å². The van der Waals surface area contributed by atoms with E-state index in [1.807, 2.05) is 38.1 Å². The molecular formula is C20H24BrN3O3. The molecule has 0 aliphatic heterocycles. The Morgan fingerprint density at radius 1 is 0.963 bits per heavy atom. The van der Waals surface area contributed by atoms with Gasteiger partial charge < -0.3 is 15.4 Å². The fraction of sp³-hybridized carbons (Fsp3) is 0.300. The van der Waals surface area contributed by atoms with Gasteiger partial charge in [0.15, 0.2) is 0 Å². The third-order valence-corrected chi connectivity index (χ3v) is 3.99. The van der Waals surface area contributed by atoms with Crippen molar-refractivity contribution in [1.82, 2.24) is 10.2 Å². The van der Waals surface area contributed by atoms with Gasteiger partial charge in [-0.15, -0.1) is 0 Å². The molecule has 0 heterocycles. The highest BCUT2D eigenvalue weighted by molar-refractivity contribution is 9.10. The number of rotatable bonds is 8. The number of ether oxygens (including phenoxy) is 1. The highest BCUT2D eigenvalue weighted by Crippen LogP contribution is 2.24. The first-order valence-corrected chi connectivity index (χ1v) is 9.42. The maximum absolute atomic E-state index is 12.1. The maximum Gasteiger partial charge on any atom is 0.238 e. The minimum absolute atomic E-state index is 0.0814. The van der Waals surface area contributed by atoms with Gasteiger partial charge in [-0.3, -0.25) is 14.5 Å². The van der Waals surface area contributed by atoms with E-state index in [0.29, 0.717) is 11.4 Å². The molecule has 27 heavy (non-hydrogen) atoms. The van der Waals surface area contributed by atoms with Crippen LogP contribution in [0.3, 0.4) is 0 Å². The summed E-state index contributed by atoms with van der Waals surface area (Å²) in [5.74, 6) is 1.13. The third kappa shape index (κ3) is 7.80. The van der Waals surface area contributed by atoms with E-state index in [4.69, 9.17) is 4.74 Å². The number of nitrogens with one attached hydrogen (secondary N) is 2. The standard InChI is InChI=1S/C20H24BrN3O3/c1-14(2)22-19(25)12-24(3)13-20(26)23-16-6-10-18(11-7-16)27-17-8-4-15(21)5-9-17/h4-11,14H,12-13H2,1-3H3,(H,22,25)(H,23,26). The molecule has 0 saturated heterocycles. The monoisotopic (exact) mass is 433 g/mol. The van der Waals surface area contributed by atoms with Gasteiger partial charge in [0.2, 0.25) is 11.8 Å². The van der Waals surface area contributed by atoms with E-state index in [2.05, 4.69) is 26.6 Å². The Bertz CT molecular complexity index is 761. The summed E-state index contributed by atoms with van der Waals surface area (Å²) in [5, 5.41) is 5.61. The first-order chi connectivity index (χ1) is 12.8. The van der Waals surface area contributed by atoms with E-state index in [0.717, 1.165) is 10.2 Å². The van der Waals surface area contributed by atoms with Gasteiger partial charge in [-0.1, -0.05) is 15.9 Å². The van der Waals surface area contributed by atoms with Crippen LogP contribution < -0.4 is 15.4 Å². The number of hydrogen-bond acceptors (Lipinski definition) is 4. The van der Waals surface area contributed by atoms with Crippen LogP contribution in [0.25, 0.3) is 0 Å². The second kappa shape index (κ2) is 10.1. The van der Waals surface area contributed by atoms with Crippen LogP contribution in [-0.4, -0.2) is 42.9 Å². The zero-order chi connectivity index (χ0) is 19.8. The van der Waals surface area contributed by atoms with Crippen molar-refractivity contribution in [3.63, 3.8) is 0 Å². The number of carbonyl (C=O) groups excluding carboxylic acids is 2. The van der Waals surface area contributed by atoms with Crippen LogP contribution >= 0.6 is 15.9 Å². The molecule has 0 bridgehead atoms. The Balaban J connectivity index is 1.82. The summed E-state index contributed by atoms with van der Waals surface area (Å²) in [4.78, 5) is 25.5. The predicted molar refractivity (Wildman–Crippen MR) is 110 cm³/mol. The quantitative estimate of drug-likeness (QED) is 0.666. The van der Waals surface area contributed by atoms with Gasteiger partial charge in [0.05, 0.1) is 13.1 Å². The average Bonchev–Trinajstić information content (AvgIpc) is 2.57. The second-order valence-electron chi connectivity index (χ2n) is 6.52. The molecule has 0 aromatic heterocycles.